The number of thiophene rings is 1. The molecule has 0 aliphatic carbocycles. The number of rotatable bonds is 10. The van der Waals surface area contributed by atoms with Crippen molar-refractivity contribution in [2.75, 3.05) is 55.3 Å². The fraction of sp³-hybridized carbons (Fsp3) is 0.429. The summed E-state index contributed by atoms with van der Waals surface area (Å²) in [5, 5.41) is 6.84. The van der Waals surface area contributed by atoms with Crippen LogP contribution in [0, 0.1) is 11.8 Å². The fourth-order valence-corrected chi connectivity index (χ4v) is 7.81. The number of halogens is 3. The molecule has 2 heterocycles. The van der Waals surface area contributed by atoms with E-state index < -0.39 is 32.3 Å². The lowest BCUT2D eigenvalue weighted by Gasteiger charge is -2.24. The normalized spacial score (nSPS) is 15.6. The van der Waals surface area contributed by atoms with Crippen molar-refractivity contribution in [3.05, 3.63) is 46.8 Å². The van der Waals surface area contributed by atoms with Gasteiger partial charge in [-0.15, -0.1) is 11.3 Å². The number of benzene rings is 2. The lowest BCUT2D eigenvalue weighted by molar-refractivity contribution is -0.126. The Hall–Kier alpha value is -2.99. The van der Waals surface area contributed by atoms with E-state index in [1.165, 1.54) is 19.2 Å². The summed E-state index contributed by atoms with van der Waals surface area (Å²) in [6.45, 7) is 0.521. The minimum Gasteiger partial charge on any atom is -0.489 e. The van der Waals surface area contributed by atoms with Crippen LogP contribution in [-0.4, -0.2) is 73.7 Å². The second kappa shape index (κ2) is 13.1. The van der Waals surface area contributed by atoms with Gasteiger partial charge >= 0.3 is 6.18 Å². The fourth-order valence-electron chi connectivity index (χ4n) is 4.51. The Labute approximate surface area is 247 Å². The van der Waals surface area contributed by atoms with Crippen LogP contribution in [0.1, 0.15) is 23.3 Å². The lowest BCUT2D eigenvalue weighted by Crippen LogP contribution is -2.32. The van der Waals surface area contributed by atoms with E-state index in [0.717, 1.165) is 17.6 Å². The Balaban J connectivity index is 1.59. The second-order valence-electron chi connectivity index (χ2n) is 9.88. The van der Waals surface area contributed by atoms with Gasteiger partial charge in [-0.05, 0) is 42.0 Å². The van der Waals surface area contributed by atoms with E-state index in [2.05, 4.69) is 22.5 Å². The molecule has 0 radical (unpaired) electrons. The highest BCUT2D eigenvalue weighted by molar-refractivity contribution is 7.91. The molecule has 0 atom stereocenters. The van der Waals surface area contributed by atoms with E-state index >= 15 is 0 Å². The van der Waals surface area contributed by atoms with Crippen LogP contribution in [0.2, 0.25) is 0 Å². The Morgan fingerprint density at radius 2 is 1.83 bits per heavy atom. The first-order valence-electron chi connectivity index (χ1n) is 13.0. The maximum absolute atomic E-state index is 13.6. The van der Waals surface area contributed by atoms with Gasteiger partial charge in [0.15, 0.2) is 9.84 Å². The number of hydrogen-bond acceptors (Lipinski definition) is 9. The van der Waals surface area contributed by atoms with Crippen molar-refractivity contribution in [2.45, 2.75) is 36.4 Å². The monoisotopic (exact) mass is 644 g/mol. The molecular formula is C28H31F3N2O6S3. The smallest absolute Gasteiger partial charge is 0.393 e. The van der Waals surface area contributed by atoms with E-state index in [0.29, 0.717) is 34.3 Å². The molecule has 2 aromatic carbocycles. The highest BCUT2D eigenvalue weighted by Gasteiger charge is 2.31. The van der Waals surface area contributed by atoms with Crippen LogP contribution >= 0.6 is 11.3 Å². The SMILES string of the molecule is COCCOc1cc(S(C)(=O)=O)ccc1NCC#Cc1sc2c(NC3CCS(=O)(=O)CC3)cccc2c1CC(F)(F)F. The summed E-state index contributed by atoms with van der Waals surface area (Å²) in [5.74, 6) is 6.20. The van der Waals surface area contributed by atoms with Crippen LogP contribution < -0.4 is 15.4 Å². The minimum absolute atomic E-state index is 0.0558. The summed E-state index contributed by atoms with van der Waals surface area (Å²) in [6.07, 6.45) is -3.64. The van der Waals surface area contributed by atoms with E-state index in [1.54, 1.807) is 24.3 Å². The second-order valence-corrected chi connectivity index (χ2v) is 15.2. The van der Waals surface area contributed by atoms with Crippen molar-refractivity contribution in [3.63, 3.8) is 0 Å². The Kier molecular flexibility index (Phi) is 9.97. The van der Waals surface area contributed by atoms with E-state index in [4.69, 9.17) is 9.47 Å². The van der Waals surface area contributed by atoms with Crippen molar-refractivity contribution >= 4 is 52.5 Å². The molecule has 42 heavy (non-hydrogen) atoms. The molecule has 228 valence electrons. The zero-order valence-corrected chi connectivity index (χ0v) is 25.5. The van der Waals surface area contributed by atoms with Crippen molar-refractivity contribution in [3.8, 4) is 17.6 Å². The number of ether oxygens (including phenoxy) is 2. The summed E-state index contributed by atoms with van der Waals surface area (Å²) in [4.78, 5) is 0.362. The number of sulfone groups is 2. The number of fused-ring (bicyclic) bond motifs is 1. The molecule has 8 nitrogen and oxygen atoms in total. The van der Waals surface area contributed by atoms with Gasteiger partial charge in [-0.3, -0.25) is 0 Å². The highest BCUT2D eigenvalue weighted by atomic mass is 32.2. The van der Waals surface area contributed by atoms with Crippen LogP contribution in [0.25, 0.3) is 10.1 Å². The maximum Gasteiger partial charge on any atom is 0.393 e. The quantitative estimate of drug-likeness (QED) is 0.237. The first kappa shape index (κ1) is 31.9. The minimum atomic E-state index is -4.44. The number of anilines is 2. The summed E-state index contributed by atoms with van der Waals surface area (Å²) < 4.78 is 99.6. The van der Waals surface area contributed by atoms with Crippen LogP contribution in [-0.2, 0) is 30.8 Å². The van der Waals surface area contributed by atoms with Gasteiger partial charge in [0.2, 0.25) is 0 Å². The molecule has 1 saturated heterocycles. The van der Waals surface area contributed by atoms with E-state index in [1.807, 2.05) is 0 Å². The number of hydrogen-bond donors (Lipinski definition) is 2. The van der Waals surface area contributed by atoms with E-state index in [-0.39, 0.29) is 58.4 Å². The van der Waals surface area contributed by atoms with Gasteiger partial charge in [0.25, 0.3) is 0 Å². The van der Waals surface area contributed by atoms with Crippen molar-refractivity contribution in [2.24, 2.45) is 0 Å². The molecule has 3 aromatic rings. The molecule has 1 aliphatic heterocycles. The first-order chi connectivity index (χ1) is 19.8. The summed E-state index contributed by atoms with van der Waals surface area (Å²) in [5.41, 5.74) is 1.21. The molecule has 0 spiro atoms. The zero-order valence-electron chi connectivity index (χ0n) is 23.0. The van der Waals surface area contributed by atoms with Crippen LogP contribution in [0.3, 0.4) is 0 Å². The maximum atomic E-state index is 13.6. The third kappa shape index (κ3) is 8.53. The third-order valence-electron chi connectivity index (χ3n) is 6.61. The van der Waals surface area contributed by atoms with Crippen LogP contribution in [0.15, 0.2) is 41.3 Å². The molecule has 2 N–H and O–H groups in total. The average molecular weight is 645 g/mol. The van der Waals surface area contributed by atoms with Crippen molar-refractivity contribution < 1.29 is 39.5 Å². The number of alkyl halides is 3. The van der Waals surface area contributed by atoms with Gasteiger partial charge in [-0.2, -0.15) is 13.2 Å². The first-order valence-corrected chi connectivity index (χ1v) is 17.6. The summed E-state index contributed by atoms with van der Waals surface area (Å²) >= 11 is 1.16. The Morgan fingerprint density at radius 1 is 1.10 bits per heavy atom. The zero-order chi connectivity index (χ0) is 30.5. The molecule has 1 fully saturated rings. The topological polar surface area (TPSA) is 111 Å². The highest BCUT2D eigenvalue weighted by Crippen LogP contribution is 2.39. The van der Waals surface area contributed by atoms with Crippen molar-refractivity contribution in [1.82, 2.24) is 0 Å². The molecule has 0 saturated carbocycles. The predicted molar refractivity (Wildman–Crippen MR) is 159 cm³/mol. The molecule has 14 heteroatoms. The number of methoxy groups -OCH3 is 1. The largest absolute Gasteiger partial charge is 0.489 e. The molecule has 0 bridgehead atoms. The molecule has 0 unspecified atom stereocenters. The van der Waals surface area contributed by atoms with Gasteiger partial charge in [-0.25, -0.2) is 16.8 Å². The van der Waals surface area contributed by atoms with Gasteiger partial charge in [0, 0.05) is 25.5 Å². The van der Waals surface area contributed by atoms with Gasteiger partial charge in [0.05, 0.1) is 56.9 Å². The van der Waals surface area contributed by atoms with Gasteiger partial charge in [0.1, 0.15) is 22.2 Å². The Bertz CT molecular complexity index is 1690. The third-order valence-corrected chi connectivity index (χ3v) is 10.6. The molecular weight excluding hydrogens is 614 g/mol. The molecule has 1 aliphatic rings. The van der Waals surface area contributed by atoms with Gasteiger partial charge < -0.3 is 20.1 Å². The standard InChI is InChI=1S/C28H31F3N2O6S3/c1-38-13-14-39-25-17-20(41(2,34)35)8-9-23(25)32-12-4-7-26-22(18-28(29,30)31)21-5-3-6-24(27(21)40-26)33-19-10-15-42(36,37)16-11-19/h3,5-6,8-9,17,19,32-33H,10-16,18H2,1-2H3. The van der Waals surface area contributed by atoms with Crippen molar-refractivity contribution in [1.29, 1.82) is 0 Å². The predicted octanol–water partition coefficient (Wildman–Crippen LogP) is 4.89. The van der Waals surface area contributed by atoms with Crippen LogP contribution in [0.4, 0.5) is 24.5 Å². The average Bonchev–Trinajstić information content (AvgIpc) is 3.24. The molecule has 0 amide bonds. The number of nitrogens with one attached hydrogen (secondary N) is 2. The molecule has 4 rings (SSSR count). The van der Waals surface area contributed by atoms with Gasteiger partial charge in [-0.1, -0.05) is 24.0 Å². The summed E-state index contributed by atoms with van der Waals surface area (Å²) in [7, 11) is -5.02. The summed E-state index contributed by atoms with van der Waals surface area (Å²) in [6, 6.07) is 9.37. The van der Waals surface area contributed by atoms with E-state index in [9.17, 15) is 30.0 Å². The van der Waals surface area contributed by atoms with Crippen LogP contribution in [0.5, 0.6) is 5.75 Å². The Morgan fingerprint density at radius 3 is 2.50 bits per heavy atom. The molecule has 1 aromatic heterocycles. The lowest BCUT2D eigenvalue weighted by atomic mass is 10.1.